The number of benzene rings is 2. The highest BCUT2D eigenvalue weighted by Crippen LogP contribution is 2.31. The molecule has 0 amide bonds. The molecule has 8 heteroatoms. The second-order valence-electron chi connectivity index (χ2n) is 6.91. The van der Waals surface area contributed by atoms with E-state index in [4.69, 9.17) is 14.0 Å². The summed E-state index contributed by atoms with van der Waals surface area (Å²) in [6.07, 6.45) is -0.192. The van der Waals surface area contributed by atoms with E-state index in [-0.39, 0.29) is 11.9 Å². The van der Waals surface area contributed by atoms with Gasteiger partial charge in [0.05, 0.1) is 31.0 Å². The van der Waals surface area contributed by atoms with Gasteiger partial charge in [-0.25, -0.2) is 4.39 Å². The third-order valence-electron chi connectivity index (χ3n) is 4.95. The van der Waals surface area contributed by atoms with E-state index in [2.05, 4.69) is 15.2 Å². The molecule has 7 nitrogen and oxygen atoms in total. The van der Waals surface area contributed by atoms with Crippen molar-refractivity contribution in [1.82, 2.24) is 19.9 Å². The average Bonchev–Trinajstić information content (AvgIpc) is 3.41. The first kappa shape index (κ1) is 18.5. The third kappa shape index (κ3) is 3.46. The number of halogens is 1. The first-order valence-electron chi connectivity index (χ1n) is 9.71. The van der Waals surface area contributed by atoms with Crippen molar-refractivity contribution in [3.63, 3.8) is 0 Å². The molecule has 1 aliphatic rings. The molecule has 0 N–H and O–H groups in total. The van der Waals surface area contributed by atoms with Crippen molar-refractivity contribution in [2.45, 2.75) is 26.2 Å². The van der Waals surface area contributed by atoms with Gasteiger partial charge in [-0.2, -0.15) is 10.1 Å². The lowest BCUT2D eigenvalue weighted by Gasteiger charge is -2.24. The van der Waals surface area contributed by atoms with Crippen molar-refractivity contribution < 1.29 is 18.4 Å². The van der Waals surface area contributed by atoms with Crippen LogP contribution in [0.15, 0.2) is 59.1 Å². The van der Waals surface area contributed by atoms with Crippen LogP contribution in [-0.2, 0) is 17.9 Å². The zero-order valence-corrected chi connectivity index (χ0v) is 16.3. The van der Waals surface area contributed by atoms with Crippen LogP contribution in [0.2, 0.25) is 0 Å². The Kier molecular flexibility index (Phi) is 4.76. The molecule has 30 heavy (non-hydrogen) atoms. The average molecular weight is 406 g/mol. The minimum Gasteiger partial charge on any atom is -0.493 e. The summed E-state index contributed by atoms with van der Waals surface area (Å²) in [4.78, 5) is 4.51. The molecule has 1 aliphatic heterocycles. The Labute approximate surface area is 172 Å². The molecule has 2 aromatic carbocycles. The minimum absolute atomic E-state index is 0.192. The molecule has 0 fully saturated rings. The van der Waals surface area contributed by atoms with Gasteiger partial charge < -0.3 is 14.0 Å². The summed E-state index contributed by atoms with van der Waals surface area (Å²) in [5.74, 6) is 1.21. The third-order valence-corrected chi connectivity index (χ3v) is 4.95. The van der Waals surface area contributed by atoms with Gasteiger partial charge in [0.25, 0.3) is 5.89 Å². The van der Waals surface area contributed by atoms with Crippen molar-refractivity contribution in [2.75, 3.05) is 6.61 Å². The van der Waals surface area contributed by atoms with Crippen LogP contribution in [0.3, 0.4) is 0 Å². The lowest BCUT2D eigenvalue weighted by Crippen LogP contribution is -2.21. The number of fused-ring (bicyclic) bond motifs is 1. The van der Waals surface area contributed by atoms with Crippen LogP contribution in [-0.4, -0.2) is 26.5 Å². The maximum absolute atomic E-state index is 13.2. The van der Waals surface area contributed by atoms with E-state index in [1.54, 1.807) is 12.1 Å². The first-order chi connectivity index (χ1) is 14.7. The molecule has 1 atom stereocenters. The monoisotopic (exact) mass is 406 g/mol. The van der Waals surface area contributed by atoms with Crippen molar-refractivity contribution in [1.29, 1.82) is 0 Å². The molecule has 0 saturated heterocycles. The Bertz CT molecular complexity index is 1170. The van der Waals surface area contributed by atoms with Crippen LogP contribution < -0.4 is 4.74 Å². The van der Waals surface area contributed by atoms with E-state index in [0.29, 0.717) is 42.9 Å². The summed E-state index contributed by atoms with van der Waals surface area (Å²) in [6.45, 7) is 3.39. The Morgan fingerprint density at radius 3 is 2.83 bits per heavy atom. The molecule has 5 rings (SSSR count). The first-order valence-corrected chi connectivity index (χ1v) is 9.71. The van der Waals surface area contributed by atoms with Crippen LogP contribution in [0, 0.1) is 5.82 Å². The smallest absolute Gasteiger partial charge is 0.278 e. The molecular formula is C22H19FN4O3. The van der Waals surface area contributed by atoms with Gasteiger partial charge in [-0.05, 0) is 42.8 Å². The number of rotatable bonds is 5. The summed E-state index contributed by atoms with van der Waals surface area (Å²) >= 11 is 0. The van der Waals surface area contributed by atoms with Gasteiger partial charge in [-0.1, -0.05) is 29.4 Å². The second kappa shape index (κ2) is 7.72. The zero-order valence-electron chi connectivity index (χ0n) is 16.3. The largest absolute Gasteiger partial charge is 0.493 e. The quantitative estimate of drug-likeness (QED) is 0.489. The Balaban J connectivity index is 1.40. The summed E-state index contributed by atoms with van der Waals surface area (Å²) < 4.78 is 32.1. The lowest BCUT2D eigenvalue weighted by molar-refractivity contribution is -0.00116. The molecule has 0 saturated carbocycles. The van der Waals surface area contributed by atoms with E-state index in [1.165, 1.54) is 12.1 Å². The SMILES string of the molecule is CCOc1ccccc1-c1noc(-c2cc3n(n2)CC(c2ccc(F)cc2)OC3)n1. The standard InChI is InChI=1S/C22H19FN4O3/c1-2-28-19-6-4-3-5-17(19)21-24-22(30-26-21)18-11-16-13-29-20(12-27(16)25-18)14-7-9-15(23)10-8-14/h3-11,20H,2,12-13H2,1H3. The summed E-state index contributed by atoms with van der Waals surface area (Å²) in [6, 6.07) is 15.8. The van der Waals surface area contributed by atoms with Crippen molar-refractivity contribution in [3.05, 3.63) is 71.7 Å². The van der Waals surface area contributed by atoms with Crippen LogP contribution in [0.25, 0.3) is 23.0 Å². The minimum atomic E-state index is -0.269. The van der Waals surface area contributed by atoms with Gasteiger partial charge in [0.2, 0.25) is 5.82 Å². The number of hydrogen-bond acceptors (Lipinski definition) is 6. The molecule has 0 spiro atoms. The summed E-state index contributed by atoms with van der Waals surface area (Å²) in [5, 5.41) is 8.72. The van der Waals surface area contributed by atoms with Crippen LogP contribution in [0.4, 0.5) is 4.39 Å². The maximum Gasteiger partial charge on any atom is 0.278 e. The van der Waals surface area contributed by atoms with E-state index in [9.17, 15) is 4.39 Å². The fourth-order valence-electron chi connectivity index (χ4n) is 3.48. The van der Waals surface area contributed by atoms with E-state index in [1.807, 2.05) is 41.9 Å². The zero-order chi connectivity index (χ0) is 20.5. The number of para-hydroxylation sites is 1. The van der Waals surface area contributed by atoms with E-state index < -0.39 is 0 Å². The molecular weight excluding hydrogens is 387 g/mol. The van der Waals surface area contributed by atoms with Gasteiger partial charge in [0.1, 0.15) is 17.7 Å². The normalized spacial score (nSPS) is 15.7. The van der Waals surface area contributed by atoms with Gasteiger partial charge in [0, 0.05) is 0 Å². The van der Waals surface area contributed by atoms with Crippen LogP contribution in [0.1, 0.15) is 24.3 Å². The molecule has 0 aliphatic carbocycles. The lowest BCUT2D eigenvalue weighted by atomic mass is 10.1. The summed E-state index contributed by atoms with van der Waals surface area (Å²) in [7, 11) is 0. The molecule has 4 aromatic rings. The number of nitrogens with zero attached hydrogens (tertiary/aromatic N) is 4. The predicted octanol–water partition coefficient (Wildman–Crippen LogP) is 4.41. The van der Waals surface area contributed by atoms with E-state index in [0.717, 1.165) is 16.8 Å². The van der Waals surface area contributed by atoms with Gasteiger partial charge in [-0.3, -0.25) is 4.68 Å². The molecule has 0 radical (unpaired) electrons. The molecule has 1 unspecified atom stereocenters. The van der Waals surface area contributed by atoms with E-state index >= 15 is 0 Å². The molecule has 3 heterocycles. The van der Waals surface area contributed by atoms with Gasteiger partial charge >= 0.3 is 0 Å². The predicted molar refractivity (Wildman–Crippen MR) is 106 cm³/mol. The Hall–Kier alpha value is -3.52. The Morgan fingerprint density at radius 1 is 1.17 bits per heavy atom. The highest BCUT2D eigenvalue weighted by atomic mass is 19.1. The highest BCUT2D eigenvalue weighted by Gasteiger charge is 2.24. The second-order valence-corrected chi connectivity index (χ2v) is 6.91. The Morgan fingerprint density at radius 2 is 2.00 bits per heavy atom. The van der Waals surface area contributed by atoms with Crippen molar-refractivity contribution >= 4 is 0 Å². The number of ether oxygens (including phenoxy) is 2. The van der Waals surface area contributed by atoms with Crippen molar-refractivity contribution in [3.8, 4) is 28.7 Å². The number of hydrogen-bond donors (Lipinski definition) is 0. The van der Waals surface area contributed by atoms with Gasteiger partial charge in [-0.15, -0.1) is 0 Å². The number of aromatic nitrogens is 4. The van der Waals surface area contributed by atoms with Crippen molar-refractivity contribution in [2.24, 2.45) is 0 Å². The topological polar surface area (TPSA) is 75.2 Å². The highest BCUT2D eigenvalue weighted by molar-refractivity contribution is 5.65. The van der Waals surface area contributed by atoms with Crippen LogP contribution >= 0.6 is 0 Å². The van der Waals surface area contributed by atoms with Gasteiger partial charge in [0.15, 0.2) is 5.69 Å². The fraction of sp³-hybridized carbons (Fsp3) is 0.227. The maximum atomic E-state index is 13.2. The molecule has 0 bridgehead atoms. The summed E-state index contributed by atoms with van der Waals surface area (Å²) in [5.41, 5.74) is 3.17. The molecule has 152 valence electrons. The molecule has 2 aromatic heterocycles. The fourth-order valence-corrected chi connectivity index (χ4v) is 3.48. The van der Waals surface area contributed by atoms with Crippen LogP contribution in [0.5, 0.6) is 5.75 Å².